The van der Waals surface area contributed by atoms with Gasteiger partial charge in [0, 0.05) is 18.8 Å². The molecule has 1 aliphatic heterocycles. The van der Waals surface area contributed by atoms with Gasteiger partial charge in [0.15, 0.2) is 0 Å². The van der Waals surface area contributed by atoms with Crippen LogP contribution in [0.1, 0.15) is 47.5 Å². The number of ether oxygens (including phenoxy) is 2. The molecule has 1 saturated heterocycles. The summed E-state index contributed by atoms with van der Waals surface area (Å²) in [5.74, 6) is 0. The summed E-state index contributed by atoms with van der Waals surface area (Å²) in [7, 11) is -1.58. The van der Waals surface area contributed by atoms with Crippen LogP contribution in [0.2, 0.25) is 5.54 Å². The SMILES string of the molecule is CC(C)O[SiH](OC(C)C)C(C)CCCOCC1CO1. The van der Waals surface area contributed by atoms with Crippen LogP contribution in [0.15, 0.2) is 0 Å². The second-order valence-electron chi connectivity index (χ2n) is 5.89. The molecule has 2 unspecified atom stereocenters. The predicted octanol–water partition coefficient (Wildman–Crippen LogP) is 2.64. The third kappa shape index (κ3) is 8.76. The first kappa shape index (κ1) is 17.1. The van der Waals surface area contributed by atoms with Gasteiger partial charge in [-0.2, -0.15) is 0 Å². The summed E-state index contributed by atoms with van der Waals surface area (Å²) in [6.45, 7) is 13.0. The van der Waals surface area contributed by atoms with E-state index in [4.69, 9.17) is 18.3 Å². The largest absolute Gasteiger partial charge is 0.394 e. The highest BCUT2D eigenvalue weighted by Crippen LogP contribution is 2.21. The maximum absolute atomic E-state index is 5.98. The van der Waals surface area contributed by atoms with E-state index in [0.717, 1.165) is 32.7 Å². The Kier molecular flexibility index (Phi) is 8.17. The molecule has 0 amide bonds. The maximum atomic E-state index is 5.98. The highest BCUT2D eigenvalue weighted by molar-refractivity contribution is 6.46. The molecule has 0 aromatic heterocycles. The molecule has 0 N–H and O–H groups in total. The summed E-state index contributed by atoms with van der Waals surface area (Å²) in [6.07, 6.45) is 3.05. The lowest BCUT2D eigenvalue weighted by Gasteiger charge is -2.26. The van der Waals surface area contributed by atoms with Gasteiger partial charge in [-0.1, -0.05) is 6.92 Å². The van der Waals surface area contributed by atoms with Crippen molar-refractivity contribution < 1.29 is 18.3 Å². The molecule has 0 aromatic rings. The minimum absolute atomic E-state index is 0.251. The first-order valence-electron chi connectivity index (χ1n) is 7.49. The van der Waals surface area contributed by atoms with E-state index in [0.29, 0.717) is 11.6 Å². The number of hydrogen-bond acceptors (Lipinski definition) is 4. The molecule has 0 radical (unpaired) electrons. The highest BCUT2D eigenvalue weighted by atomic mass is 28.3. The monoisotopic (exact) mass is 290 g/mol. The summed E-state index contributed by atoms with van der Waals surface area (Å²) in [4.78, 5) is 0. The summed E-state index contributed by atoms with van der Waals surface area (Å²) < 4.78 is 22.6. The van der Waals surface area contributed by atoms with E-state index >= 15 is 0 Å². The molecule has 19 heavy (non-hydrogen) atoms. The van der Waals surface area contributed by atoms with Crippen molar-refractivity contribution in [2.75, 3.05) is 19.8 Å². The molecule has 1 rings (SSSR count). The molecule has 0 spiro atoms. The molecule has 0 saturated carbocycles. The van der Waals surface area contributed by atoms with Gasteiger partial charge in [-0.15, -0.1) is 0 Å². The fourth-order valence-corrected chi connectivity index (χ4v) is 4.04. The van der Waals surface area contributed by atoms with Crippen molar-refractivity contribution in [2.24, 2.45) is 0 Å². The molecule has 2 atom stereocenters. The molecule has 4 nitrogen and oxygen atoms in total. The van der Waals surface area contributed by atoms with Gasteiger partial charge in [0.05, 0.1) is 13.2 Å². The average Bonchev–Trinajstić information content (AvgIpc) is 3.10. The van der Waals surface area contributed by atoms with E-state index in [1.165, 1.54) is 0 Å². The van der Waals surface area contributed by atoms with Crippen LogP contribution in [-0.4, -0.2) is 47.4 Å². The van der Waals surface area contributed by atoms with E-state index < -0.39 is 9.28 Å². The van der Waals surface area contributed by atoms with Crippen molar-refractivity contribution in [3.8, 4) is 0 Å². The zero-order chi connectivity index (χ0) is 14.3. The number of hydrogen-bond donors (Lipinski definition) is 0. The zero-order valence-corrected chi connectivity index (χ0v) is 14.2. The van der Waals surface area contributed by atoms with Crippen molar-refractivity contribution in [1.29, 1.82) is 0 Å². The second kappa shape index (κ2) is 9.08. The third-order valence-corrected chi connectivity index (χ3v) is 5.82. The Morgan fingerprint density at radius 3 is 2.16 bits per heavy atom. The van der Waals surface area contributed by atoms with Crippen molar-refractivity contribution in [3.63, 3.8) is 0 Å². The highest BCUT2D eigenvalue weighted by Gasteiger charge is 2.25. The molecule has 114 valence electrons. The van der Waals surface area contributed by atoms with Crippen molar-refractivity contribution in [2.45, 2.75) is 71.3 Å². The normalized spacial score (nSPS) is 20.5. The minimum Gasteiger partial charge on any atom is -0.394 e. The van der Waals surface area contributed by atoms with Gasteiger partial charge < -0.3 is 18.3 Å². The van der Waals surface area contributed by atoms with Gasteiger partial charge in [-0.25, -0.2) is 0 Å². The maximum Gasteiger partial charge on any atom is 0.324 e. The number of epoxide rings is 1. The van der Waals surface area contributed by atoms with E-state index in [-0.39, 0.29) is 12.2 Å². The van der Waals surface area contributed by atoms with Crippen molar-refractivity contribution >= 4 is 9.28 Å². The second-order valence-corrected chi connectivity index (χ2v) is 8.31. The minimum atomic E-state index is -1.58. The Hall–Kier alpha value is 0.0569. The van der Waals surface area contributed by atoms with Crippen LogP contribution in [0.25, 0.3) is 0 Å². The lowest BCUT2D eigenvalue weighted by Crippen LogP contribution is -2.33. The summed E-state index contributed by atoms with van der Waals surface area (Å²) in [5.41, 5.74) is 0.519. The van der Waals surface area contributed by atoms with Crippen LogP contribution in [-0.2, 0) is 18.3 Å². The topological polar surface area (TPSA) is 40.2 Å². The standard InChI is InChI=1S/C14H30O4Si/c1-11(2)17-19(18-12(3)4)13(5)7-6-8-15-9-14-10-16-14/h11-14,19H,6-10H2,1-5H3. The van der Waals surface area contributed by atoms with E-state index in [9.17, 15) is 0 Å². The van der Waals surface area contributed by atoms with Gasteiger partial charge in [0.2, 0.25) is 0 Å². The summed E-state index contributed by atoms with van der Waals surface area (Å²) in [6, 6.07) is 0. The van der Waals surface area contributed by atoms with Gasteiger partial charge in [0.1, 0.15) is 6.10 Å². The van der Waals surface area contributed by atoms with E-state index in [2.05, 4.69) is 34.6 Å². The van der Waals surface area contributed by atoms with Crippen LogP contribution in [0.5, 0.6) is 0 Å². The van der Waals surface area contributed by atoms with E-state index in [1.54, 1.807) is 0 Å². The van der Waals surface area contributed by atoms with Crippen LogP contribution in [0, 0.1) is 0 Å². The Morgan fingerprint density at radius 2 is 1.68 bits per heavy atom. The van der Waals surface area contributed by atoms with Crippen molar-refractivity contribution in [3.05, 3.63) is 0 Å². The predicted molar refractivity (Wildman–Crippen MR) is 78.8 cm³/mol. The summed E-state index contributed by atoms with van der Waals surface area (Å²) in [5, 5.41) is 0. The van der Waals surface area contributed by atoms with Gasteiger partial charge in [0.25, 0.3) is 0 Å². The molecular formula is C14H30O4Si. The van der Waals surface area contributed by atoms with Crippen molar-refractivity contribution in [1.82, 2.24) is 0 Å². The molecule has 1 heterocycles. The van der Waals surface area contributed by atoms with E-state index in [1.807, 2.05) is 0 Å². The fourth-order valence-electron chi connectivity index (χ4n) is 1.86. The Labute approximate surface area is 119 Å². The first-order valence-corrected chi connectivity index (χ1v) is 9.10. The lowest BCUT2D eigenvalue weighted by molar-refractivity contribution is 0.107. The van der Waals surface area contributed by atoms with Crippen LogP contribution < -0.4 is 0 Å². The smallest absolute Gasteiger partial charge is 0.324 e. The van der Waals surface area contributed by atoms with Gasteiger partial charge >= 0.3 is 9.28 Å². The Morgan fingerprint density at radius 1 is 1.11 bits per heavy atom. The lowest BCUT2D eigenvalue weighted by atomic mass is 10.2. The number of rotatable bonds is 11. The average molecular weight is 290 g/mol. The molecule has 0 bridgehead atoms. The van der Waals surface area contributed by atoms with Crippen LogP contribution in [0.4, 0.5) is 0 Å². The van der Waals surface area contributed by atoms with Crippen LogP contribution in [0.3, 0.4) is 0 Å². The fraction of sp³-hybridized carbons (Fsp3) is 1.00. The molecule has 5 heteroatoms. The molecule has 0 aromatic carbocycles. The molecular weight excluding hydrogens is 260 g/mol. The van der Waals surface area contributed by atoms with Gasteiger partial charge in [-0.05, 0) is 46.1 Å². The molecule has 0 aliphatic carbocycles. The third-order valence-electron chi connectivity index (χ3n) is 2.93. The molecule has 1 fully saturated rings. The van der Waals surface area contributed by atoms with Crippen LogP contribution >= 0.6 is 0 Å². The Bertz CT molecular complexity index is 221. The van der Waals surface area contributed by atoms with Gasteiger partial charge in [-0.3, -0.25) is 0 Å². The zero-order valence-electron chi connectivity index (χ0n) is 13.1. The molecule has 1 aliphatic rings. The quantitative estimate of drug-likeness (QED) is 0.333. The Balaban J connectivity index is 2.14. The first-order chi connectivity index (χ1) is 8.99. The summed E-state index contributed by atoms with van der Waals surface area (Å²) >= 11 is 0.